The molecular formula is C10H11F3N2O4. The number of alkyl halides is 3. The fourth-order valence-electron chi connectivity index (χ4n) is 1.30. The van der Waals surface area contributed by atoms with E-state index in [1.165, 1.54) is 0 Å². The summed E-state index contributed by atoms with van der Waals surface area (Å²) in [4.78, 5) is 9.75. The van der Waals surface area contributed by atoms with Gasteiger partial charge in [0.25, 0.3) is 5.69 Å². The van der Waals surface area contributed by atoms with Crippen LogP contribution in [-0.2, 0) is 6.18 Å². The van der Waals surface area contributed by atoms with Crippen molar-refractivity contribution in [3.05, 3.63) is 33.9 Å². The van der Waals surface area contributed by atoms with Crippen molar-refractivity contribution in [1.82, 2.24) is 0 Å². The molecule has 0 spiro atoms. The predicted molar refractivity (Wildman–Crippen MR) is 59.7 cm³/mol. The Balaban J connectivity index is 3.02. The summed E-state index contributed by atoms with van der Waals surface area (Å²) >= 11 is 0. The fraction of sp³-hybridized carbons (Fsp3) is 0.400. The van der Waals surface area contributed by atoms with Crippen LogP contribution < -0.4 is 5.32 Å². The number of aliphatic hydroxyl groups excluding tert-OH is 2. The van der Waals surface area contributed by atoms with Gasteiger partial charge in [0.2, 0.25) is 0 Å². The van der Waals surface area contributed by atoms with Crippen molar-refractivity contribution < 1.29 is 28.3 Å². The Bertz CT molecular complexity index is 465. The van der Waals surface area contributed by atoms with Crippen LogP contribution in [0.4, 0.5) is 24.5 Å². The van der Waals surface area contributed by atoms with Crippen molar-refractivity contribution in [2.24, 2.45) is 0 Å². The number of hydrogen-bond acceptors (Lipinski definition) is 5. The molecule has 0 radical (unpaired) electrons. The summed E-state index contributed by atoms with van der Waals surface area (Å²) in [5, 5.41) is 30.7. The number of halogens is 3. The van der Waals surface area contributed by atoms with Crippen LogP contribution in [-0.4, -0.2) is 34.4 Å². The van der Waals surface area contributed by atoms with Crippen LogP contribution in [0.2, 0.25) is 0 Å². The molecule has 1 atom stereocenters. The van der Waals surface area contributed by atoms with E-state index in [1.807, 2.05) is 0 Å². The molecule has 0 heterocycles. The largest absolute Gasteiger partial charge is 0.416 e. The maximum Gasteiger partial charge on any atom is 0.416 e. The van der Waals surface area contributed by atoms with Crippen LogP contribution in [0.3, 0.4) is 0 Å². The molecule has 1 rings (SSSR count). The summed E-state index contributed by atoms with van der Waals surface area (Å²) in [5.41, 5.74) is -2.04. The van der Waals surface area contributed by atoms with E-state index in [9.17, 15) is 23.3 Å². The number of nitrogens with one attached hydrogen (secondary N) is 1. The number of anilines is 1. The topological polar surface area (TPSA) is 95.6 Å². The van der Waals surface area contributed by atoms with Crippen LogP contribution in [0.15, 0.2) is 18.2 Å². The average molecular weight is 280 g/mol. The summed E-state index contributed by atoms with van der Waals surface area (Å²) in [6.07, 6.45) is -5.84. The molecule has 0 aliphatic rings. The van der Waals surface area contributed by atoms with E-state index < -0.39 is 35.1 Å². The van der Waals surface area contributed by atoms with Crippen molar-refractivity contribution in [2.75, 3.05) is 18.5 Å². The van der Waals surface area contributed by atoms with Crippen molar-refractivity contribution in [3.8, 4) is 0 Å². The molecule has 6 nitrogen and oxygen atoms in total. The maximum absolute atomic E-state index is 12.4. The molecule has 0 unspecified atom stereocenters. The minimum Gasteiger partial charge on any atom is -0.394 e. The molecule has 0 saturated carbocycles. The summed E-state index contributed by atoms with van der Waals surface area (Å²) in [6, 6.07) is 2.01. The molecule has 106 valence electrons. The van der Waals surface area contributed by atoms with E-state index in [4.69, 9.17) is 10.2 Å². The molecule has 3 N–H and O–H groups in total. The monoisotopic (exact) mass is 280 g/mol. The third kappa shape index (κ3) is 4.07. The van der Waals surface area contributed by atoms with Gasteiger partial charge in [-0.3, -0.25) is 10.1 Å². The summed E-state index contributed by atoms with van der Waals surface area (Å²) in [7, 11) is 0. The highest BCUT2D eigenvalue weighted by atomic mass is 19.4. The lowest BCUT2D eigenvalue weighted by molar-refractivity contribution is -0.384. The van der Waals surface area contributed by atoms with Gasteiger partial charge in [0.1, 0.15) is 5.69 Å². The molecule has 0 aliphatic heterocycles. The van der Waals surface area contributed by atoms with E-state index in [0.717, 1.165) is 6.07 Å². The van der Waals surface area contributed by atoms with Crippen LogP contribution in [0.1, 0.15) is 5.56 Å². The SMILES string of the molecule is O=[N+]([O-])c1cc(C(F)(F)F)ccc1NC[C@H](O)CO. The molecule has 0 fully saturated rings. The Labute approximate surface area is 105 Å². The number of rotatable bonds is 5. The minimum absolute atomic E-state index is 0.162. The zero-order valence-electron chi connectivity index (χ0n) is 9.52. The molecule has 0 amide bonds. The smallest absolute Gasteiger partial charge is 0.394 e. The van der Waals surface area contributed by atoms with E-state index in [-0.39, 0.29) is 12.2 Å². The zero-order chi connectivity index (χ0) is 14.6. The predicted octanol–water partition coefficient (Wildman–Crippen LogP) is 1.38. The van der Waals surface area contributed by atoms with Gasteiger partial charge in [-0.25, -0.2) is 0 Å². The Morgan fingerprint density at radius 3 is 2.53 bits per heavy atom. The van der Waals surface area contributed by atoms with Gasteiger partial charge in [0.15, 0.2) is 0 Å². The second-order valence-corrected chi connectivity index (χ2v) is 3.70. The third-order valence-electron chi connectivity index (χ3n) is 2.26. The molecule has 0 aromatic heterocycles. The van der Waals surface area contributed by atoms with Crippen molar-refractivity contribution in [3.63, 3.8) is 0 Å². The molecule has 0 aliphatic carbocycles. The second kappa shape index (κ2) is 5.85. The van der Waals surface area contributed by atoms with Crippen LogP contribution in [0.25, 0.3) is 0 Å². The Kier molecular flexibility index (Phi) is 4.67. The van der Waals surface area contributed by atoms with Crippen molar-refractivity contribution in [1.29, 1.82) is 0 Å². The van der Waals surface area contributed by atoms with Gasteiger partial charge in [-0.2, -0.15) is 13.2 Å². The van der Waals surface area contributed by atoms with E-state index >= 15 is 0 Å². The van der Waals surface area contributed by atoms with E-state index in [2.05, 4.69) is 5.32 Å². The maximum atomic E-state index is 12.4. The quantitative estimate of drug-likeness (QED) is 0.559. The van der Waals surface area contributed by atoms with Crippen molar-refractivity contribution in [2.45, 2.75) is 12.3 Å². The Morgan fingerprint density at radius 2 is 2.05 bits per heavy atom. The van der Waals surface area contributed by atoms with Gasteiger partial charge in [0.05, 0.1) is 23.2 Å². The summed E-state index contributed by atoms with van der Waals surface area (Å²) in [6.45, 7) is -0.788. The Morgan fingerprint density at radius 1 is 1.42 bits per heavy atom. The normalized spacial score (nSPS) is 13.1. The summed E-state index contributed by atoms with van der Waals surface area (Å²) in [5.74, 6) is 0. The highest BCUT2D eigenvalue weighted by Crippen LogP contribution is 2.34. The third-order valence-corrected chi connectivity index (χ3v) is 2.26. The molecule has 1 aromatic carbocycles. The van der Waals surface area contributed by atoms with Gasteiger partial charge in [-0.15, -0.1) is 0 Å². The van der Waals surface area contributed by atoms with E-state index in [0.29, 0.717) is 12.1 Å². The van der Waals surface area contributed by atoms with Gasteiger partial charge in [-0.1, -0.05) is 0 Å². The van der Waals surface area contributed by atoms with Crippen LogP contribution in [0, 0.1) is 10.1 Å². The van der Waals surface area contributed by atoms with Crippen LogP contribution in [0.5, 0.6) is 0 Å². The van der Waals surface area contributed by atoms with Gasteiger partial charge in [0, 0.05) is 12.6 Å². The van der Waals surface area contributed by atoms with Gasteiger partial charge >= 0.3 is 6.18 Å². The first-order valence-electron chi connectivity index (χ1n) is 5.14. The molecule has 0 bridgehead atoms. The standard InChI is InChI=1S/C10H11F3N2O4/c11-10(12,13)6-1-2-8(9(3-6)15(18)19)14-4-7(17)5-16/h1-3,7,14,16-17H,4-5H2/t7-/m0/s1. The van der Waals surface area contributed by atoms with Gasteiger partial charge < -0.3 is 15.5 Å². The zero-order valence-corrected chi connectivity index (χ0v) is 9.52. The molecule has 19 heavy (non-hydrogen) atoms. The summed E-state index contributed by atoms with van der Waals surface area (Å²) < 4.78 is 37.2. The average Bonchev–Trinajstić information content (AvgIpc) is 2.34. The number of aliphatic hydroxyl groups is 2. The molecule has 1 aromatic rings. The second-order valence-electron chi connectivity index (χ2n) is 3.70. The lowest BCUT2D eigenvalue weighted by Crippen LogP contribution is -2.23. The minimum atomic E-state index is -4.67. The van der Waals surface area contributed by atoms with Crippen molar-refractivity contribution >= 4 is 11.4 Å². The number of benzene rings is 1. The Hall–Kier alpha value is -1.87. The molecule has 9 heteroatoms. The highest BCUT2D eigenvalue weighted by molar-refractivity contribution is 5.63. The number of hydrogen-bond donors (Lipinski definition) is 3. The first-order chi connectivity index (χ1) is 8.75. The van der Waals surface area contributed by atoms with Crippen LogP contribution >= 0.6 is 0 Å². The first kappa shape index (κ1) is 15.2. The molecular weight excluding hydrogens is 269 g/mol. The highest BCUT2D eigenvalue weighted by Gasteiger charge is 2.33. The number of nitro groups is 1. The number of nitro benzene ring substituents is 1. The first-order valence-corrected chi connectivity index (χ1v) is 5.14. The molecule has 0 saturated heterocycles. The lowest BCUT2D eigenvalue weighted by Gasteiger charge is -2.12. The lowest BCUT2D eigenvalue weighted by atomic mass is 10.1. The fourth-order valence-corrected chi connectivity index (χ4v) is 1.30. The number of nitrogens with zero attached hydrogens (tertiary/aromatic N) is 1. The van der Waals surface area contributed by atoms with E-state index in [1.54, 1.807) is 0 Å². The van der Waals surface area contributed by atoms with Gasteiger partial charge in [-0.05, 0) is 12.1 Å².